The lowest BCUT2D eigenvalue weighted by Crippen LogP contribution is -2.28. The average Bonchev–Trinajstić information content (AvgIpc) is 2.73. The summed E-state index contributed by atoms with van der Waals surface area (Å²) in [6.07, 6.45) is 0. The van der Waals surface area contributed by atoms with Crippen LogP contribution in [0.2, 0.25) is 5.02 Å². The minimum Gasteiger partial charge on any atom is -0.496 e. The van der Waals surface area contributed by atoms with Gasteiger partial charge in [0.05, 0.1) is 12.7 Å². The second-order valence-electron chi connectivity index (χ2n) is 6.36. The molecule has 0 atom stereocenters. The standard InChI is InChI=1S/C23H20ClNO3/c1-25(15-17-14-18(24)12-13-21(17)28-2)23(27)20-11-7-6-10-19(20)22(26)16-8-4-3-5-9-16/h3-14H,15H2,1-2H3. The van der Waals surface area contributed by atoms with E-state index in [1.165, 1.54) is 0 Å². The zero-order valence-corrected chi connectivity index (χ0v) is 16.4. The third kappa shape index (κ3) is 4.24. The van der Waals surface area contributed by atoms with Crippen molar-refractivity contribution in [3.8, 4) is 5.75 Å². The van der Waals surface area contributed by atoms with E-state index in [4.69, 9.17) is 16.3 Å². The van der Waals surface area contributed by atoms with Crippen molar-refractivity contribution >= 4 is 23.3 Å². The Morgan fingerprint density at radius 2 is 1.57 bits per heavy atom. The summed E-state index contributed by atoms with van der Waals surface area (Å²) in [6.45, 7) is 0.302. The van der Waals surface area contributed by atoms with Crippen molar-refractivity contribution in [2.45, 2.75) is 6.54 Å². The third-order valence-corrected chi connectivity index (χ3v) is 4.67. The fourth-order valence-corrected chi connectivity index (χ4v) is 3.21. The number of rotatable bonds is 6. The first-order valence-corrected chi connectivity index (χ1v) is 9.15. The number of halogens is 1. The highest BCUT2D eigenvalue weighted by molar-refractivity contribution is 6.30. The van der Waals surface area contributed by atoms with Crippen molar-refractivity contribution in [2.24, 2.45) is 0 Å². The van der Waals surface area contributed by atoms with Crippen LogP contribution in [0.4, 0.5) is 0 Å². The second kappa shape index (κ2) is 8.72. The molecule has 0 aromatic heterocycles. The van der Waals surface area contributed by atoms with Crippen LogP contribution in [0.1, 0.15) is 31.8 Å². The molecule has 142 valence electrons. The van der Waals surface area contributed by atoms with E-state index in [9.17, 15) is 9.59 Å². The van der Waals surface area contributed by atoms with Gasteiger partial charge in [0.25, 0.3) is 5.91 Å². The van der Waals surface area contributed by atoms with Crippen molar-refractivity contribution < 1.29 is 14.3 Å². The Kier molecular flexibility index (Phi) is 6.12. The first-order chi connectivity index (χ1) is 13.5. The van der Waals surface area contributed by atoms with Gasteiger partial charge in [0.2, 0.25) is 0 Å². The molecule has 0 unspecified atom stereocenters. The number of ketones is 1. The normalized spacial score (nSPS) is 10.4. The van der Waals surface area contributed by atoms with E-state index in [0.29, 0.717) is 34.0 Å². The molecule has 0 N–H and O–H groups in total. The summed E-state index contributed by atoms with van der Waals surface area (Å²) >= 11 is 6.08. The van der Waals surface area contributed by atoms with Gasteiger partial charge < -0.3 is 9.64 Å². The van der Waals surface area contributed by atoms with Gasteiger partial charge in [-0.05, 0) is 24.3 Å². The highest BCUT2D eigenvalue weighted by Crippen LogP contribution is 2.25. The highest BCUT2D eigenvalue weighted by Gasteiger charge is 2.21. The topological polar surface area (TPSA) is 46.6 Å². The van der Waals surface area contributed by atoms with E-state index in [1.807, 2.05) is 6.07 Å². The fraction of sp³-hybridized carbons (Fsp3) is 0.130. The Balaban J connectivity index is 1.89. The molecule has 28 heavy (non-hydrogen) atoms. The Bertz CT molecular complexity index is 1000. The molecular formula is C23H20ClNO3. The van der Waals surface area contributed by atoms with Crippen molar-refractivity contribution in [1.29, 1.82) is 0 Å². The predicted molar refractivity (Wildman–Crippen MR) is 110 cm³/mol. The number of amides is 1. The fourth-order valence-electron chi connectivity index (χ4n) is 3.02. The van der Waals surface area contributed by atoms with E-state index in [2.05, 4.69) is 0 Å². The van der Waals surface area contributed by atoms with Gasteiger partial charge in [-0.3, -0.25) is 9.59 Å². The van der Waals surface area contributed by atoms with E-state index in [1.54, 1.807) is 85.8 Å². The van der Waals surface area contributed by atoms with Gasteiger partial charge >= 0.3 is 0 Å². The zero-order valence-electron chi connectivity index (χ0n) is 15.7. The molecule has 5 heteroatoms. The van der Waals surface area contributed by atoms with Gasteiger partial charge in [0.1, 0.15) is 5.75 Å². The van der Waals surface area contributed by atoms with Gasteiger partial charge in [-0.2, -0.15) is 0 Å². The van der Waals surface area contributed by atoms with Crippen LogP contribution in [0.5, 0.6) is 5.75 Å². The summed E-state index contributed by atoms with van der Waals surface area (Å²) in [5, 5.41) is 0.566. The maximum Gasteiger partial charge on any atom is 0.254 e. The highest BCUT2D eigenvalue weighted by atomic mass is 35.5. The van der Waals surface area contributed by atoms with Crippen molar-refractivity contribution in [3.05, 3.63) is 100 Å². The minimum absolute atomic E-state index is 0.182. The lowest BCUT2D eigenvalue weighted by Gasteiger charge is -2.20. The van der Waals surface area contributed by atoms with Gasteiger partial charge in [0, 0.05) is 35.3 Å². The molecule has 4 nitrogen and oxygen atoms in total. The van der Waals surface area contributed by atoms with Crippen LogP contribution in [-0.2, 0) is 6.54 Å². The molecule has 0 saturated heterocycles. The minimum atomic E-state index is -0.248. The van der Waals surface area contributed by atoms with Crippen LogP contribution in [0.25, 0.3) is 0 Å². The van der Waals surface area contributed by atoms with Gasteiger partial charge in [-0.25, -0.2) is 0 Å². The number of carbonyl (C=O) groups is 2. The van der Waals surface area contributed by atoms with Crippen LogP contribution < -0.4 is 4.74 Å². The molecule has 1 amide bonds. The largest absolute Gasteiger partial charge is 0.496 e. The molecule has 0 fully saturated rings. The third-order valence-electron chi connectivity index (χ3n) is 4.43. The van der Waals surface area contributed by atoms with E-state index < -0.39 is 0 Å². The summed E-state index contributed by atoms with van der Waals surface area (Å²) < 4.78 is 5.36. The summed E-state index contributed by atoms with van der Waals surface area (Å²) in [7, 11) is 3.26. The molecular weight excluding hydrogens is 374 g/mol. The molecule has 0 saturated carbocycles. The zero-order chi connectivity index (χ0) is 20.1. The van der Waals surface area contributed by atoms with Gasteiger partial charge in [0.15, 0.2) is 5.78 Å². The number of benzene rings is 3. The molecule has 0 aliphatic heterocycles. The number of hydrogen-bond donors (Lipinski definition) is 0. The van der Waals surface area contributed by atoms with Crippen LogP contribution in [-0.4, -0.2) is 30.7 Å². The number of methoxy groups -OCH3 is 1. The Hall–Kier alpha value is -3.11. The smallest absolute Gasteiger partial charge is 0.254 e. The SMILES string of the molecule is COc1ccc(Cl)cc1CN(C)C(=O)c1ccccc1C(=O)c1ccccc1. The average molecular weight is 394 g/mol. The Morgan fingerprint density at radius 1 is 0.929 bits per heavy atom. The molecule has 0 heterocycles. The number of hydrogen-bond acceptors (Lipinski definition) is 3. The maximum absolute atomic E-state index is 13.1. The lowest BCUT2D eigenvalue weighted by atomic mass is 9.97. The maximum atomic E-state index is 13.1. The van der Waals surface area contributed by atoms with E-state index in [0.717, 1.165) is 5.56 Å². The number of carbonyl (C=O) groups excluding carboxylic acids is 2. The van der Waals surface area contributed by atoms with Crippen LogP contribution in [0.15, 0.2) is 72.8 Å². The summed E-state index contributed by atoms with van der Waals surface area (Å²) in [5.74, 6) is 0.220. The predicted octanol–water partition coefficient (Wildman–Crippen LogP) is 4.85. The first kappa shape index (κ1) is 19.6. The van der Waals surface area contributed by atoms with Gasteiger partial charge in [-0.1, -0.05) is 60.1 Å². The molecule has 0 aliphatic carbocycles. The first-order valence-electron chi connectivity index (χ1n) is 8.78. The molecule has 0 radical (unpaired) electrons. The molecule has 3 aromatic carbocycles. The summed E-state index contributed by atoms with van der Waals surface area (Å²) in [5.41, 5.74) is 2.07. The Morgan fingerprint density at radius 3 is 2.25 bits per heavy atom. The van der Waals surface area contributed by atoms with Crippen molar-refractivity contribution in [3.63, 3.8) is 0 Å². The van der Waals surface area contributed by atoms with Crippen LogP contribution >= 0.6 is 11.6 Å². The number of ether oxygens (including phenoxy) is 1. The number of nitrogens with zero attached hydrogens (tertiary/aromatic N) is 1. The quantitative estimate of drug-likeness (QED) is 0.562. The second-order valence-corrected chi connectivity index (χ2v) is 6.79. The molecule has 3 rings (SSSR count). The molecule has 0 bridgehead atoms. The van der Waals surface area contributed by atoms with Crippen molar-refractivity contribution in [1.82, 2.24) is 4.90 Å². The summed E-state index contributed by atoms with van der Waals surface area (Å²) in [4.78, 5) is 27.5. The van der Waals surface area contributed by atoms with Gasteiger partial charge in [-0.15, -0.1) is 0 Å². The van der Waals surface area contributed by atoms with Crippen LogP contribution in [0, 0.1) is 0 Å². The Labute approximate surface area is 169 Å². The van der Waals surface area contributed by atoms with E-state index in [-0.39, 0.29) is 11.7 Å². The molecule has 0 spiro atoms. The molecule has 3 aromatic rings. The van der Waals surface area contributed by atoms with Crippen LogP contribution in [0.3, 0.4) is 0 Å². The lowest BCUT2D eigenvalue weighted by molar-refractivity contribution is 0.0779. The molecule has 0 aliphatic rings. The van der Waals surface area contributed by atoms with E-state index >= 15 is 0 Å². The monoisotopic (exact) mass is 393 g/mol. The summed E-state index contributed by atoms with van der Waals surface area (Å²) in [6, 6.07) is 21.1. The van der Waals surface area contributed by atoms with Crippen molar-refractivity contribution in [2.75, 3.05) is 14.2 Å².